The van der Waals surface area contributed by atoms with Gasteiger partial charge < -0.3 is 10.2 Å². The van der Waals surface area contributed by atoms with Gasteiger partial charge in [0.15, 0.2) is 0 Å². The number of unbranched alkanes of at least 4 members (excludes halogenated alkanes) is 20. The molecule has 51 heavy (non-hydrogen) atoms. The third-order valence-corrected chi connectivity index (χ3v) is 10.7. The summed E-state index contributed by atoms with van der Waals surface area (Å²) in [5, 5.41) is 21.0. The molecule has 0 rings (SSSR count). The van der Waals surface area contributed by atoms with Crippen LogP contribution in [-0.2, 0) is 66.5 Å². The van der Waals surface area contributed by atoms with Crippen molar-refractivity contribution < 1.29 is 83.1 Å². The number of carbonyl (C=O) groups is 1. The van der Waals surface area contributed by atoms with Gasteiger partial charge in [0, 0.05) is 0 Å². The molecule has 14 nitrogen and oxygen atoms in total. The second-order valence-corrected chi connectivity index (χ2v) is 17.2. The Morgan fingerprint density at radius 2 is 0.686 bits per heavy atom. The quantitative estimate of drug-likeness (QED) is 0.0261. The van der Waals surface area contributed by atoms with Gasteiger partial charge in [-0.3, -0.25) is 18.1 Å². The van der Waals surface area contributed by atoms with Crippen LogP contribution in [0.3, 0.4) is 0 Å². The first-order valence-corrected chi connectivity index (χ1v) is 25.5. The molecule has 0 unspecified atom stereocenters. The zero-order valence-electron chi connectivity index (χ0n) is 32.1. The summed E-state index contributed by atoms with van der Waals surface area (Å²) in [6.07, 6.45) is 22.4. The summed E-state index contributed by atoms with van der Waals surface area (Å²) in [5.41, 5.74) is 0. The molecule has 306 valence electrons. The Kier molecular flexibility index (Phi) is 37.6. The van der Waals surface area contributed by atoms with Gasteiger partial charge >= 0.3 is 59.4 Å². The van der Waals surface area contributed by atoms with Crippen molar-refractivity contribution in [3.63, 3.8) is 0 Å². The number of carboxylic acid groups (broad SMARTS) is 1. The molecule has 4 N–H and O–H groups in total. The first kappa shape index (κ1) is 53.4. The van der Waals surface area contributed by atoms with E-state index in [-0.39, 0.29) is 26.4 Å². The SMILES string of the molecule is CCCCCCCCOP(=O)(OCCCCCCCC)OC(O)(OP(=O)(OCCCCCCCC)OCCCCCCCC)C(=O)O.[O]=[Zr]([OH])[OH]. The van der Waals surface area contributed by atoms with Crippen LogP contribution in [0.5, 0.6) is 0 Å². The maximum atomic E-state index is 13.7. The molecule has 0 aromatic heterocycles. The molecule has 17 heteroatoms. The number of phosphoric acid groups is 2. The number of rotatable bonds is 37. The molecule has 0 spiro atoms. The molecule has 0 aromatic carbocycles. The van der Waals surface area contributed by atoms with E-state index < -0.39 is 50.2 Å². The molecule has 0 heterocycles. The monoisotopic (exact) mass is 856 g/mol. The van der Waals surface area contributed by atoms with Gasteiger partial charge in [-0.15, -0.1) is 0 Å². The maximum absolute atomic E-state index is 13.7. The van der Waals surface area contributed by atoms with Crippen LogP contribution in [0.25, 0.3) is 0 Å². The molecule has 0 aromatic rings. The number of aliphatic hydroxyl groups is 1. The summed E-state index contributed by atoms with van der Waals surface area (Å²) in [5.74, 6) is -5.76. The predicted molar refractivity (Wildman–Crippen MR) is 192 cm³/mol. The van der Waals surface area contributed by atoms with Crippen LogP contribution in [0.4, 0.5) is 0 Å². The standard InChI is InChI=1S/C34H70O11P2.2H2O.O.Zr/c1-5-9-13-17-21-25-29-40-46(38,41-30-26-22-18-14-10-6-2)44-34(37,33(35)36)45-47(39,42-31-27-23-19-15-11-7-3)43-32-28-24-20-16-12-8-4;;;;/h37H,5-32H2,1-4H3,(H,35,36);2*1H2;;/q;;;;+2/p-2. The van der Waals surface area contributed by atoms with Crippen molar-refractivity contribution >= 4 is 21.6 Å². The number of carboxylic acids is 1. The summed E-state index contributed by atoms with van der Waals surface area (Å²) >= 11 is -3.79. The molecular formula is C34H72O14P2Zr. The fraction of sp³-hybridized carbons (Fsp3) is 0.971. The van der Waals surface area contributed by atoms with Crippen molar-refractivity contribution in [3.05, 3.63) is 0 Å². The second kappa shape index (κ2) is 35.9. The summed E-state index contributed by atoms with van der Waals surface area (Å²) < 4.78 is 82.9. The summed E-state index contributed by atoms with van der Waals surface area (Å²) in [7, 11) is -9.37. The fourth-order valence-corrected chi connectivity index (χ4v) is 7.48. The second-order valence-electron chi connectivity index (χ2n) is 12.7. The van der Waals surface area contributed by atoms with Crippen molar-refractivity contribution in [3.8, 4) is 0 Å². The van der Waals surface area contributed by atoms with Crippen LogP contribution in [0.1, 0.15) is 182 Å². The topological polar surface area (TPSA) is 205 Å². The first-order valence-electron chi connectivity index (χ1n) is 19.4. The van der Waals surface area contributed by atoms with Crippen LogP contribution in [-0.4, -0.2) is 54.9 Å². The van der Waals surface area contributed by atoms with Gasteiger partial charge in [-0.2, -0.15) is 0 Å². The van der Waals surface area contributed by atoms with E-state index in [1.807, 2.05) is 0 Å². The van der Waals surface area contributed by atoms with E-state index in [1.165, 1.54) is 0 Å². The van der Waals surface area contributed by atoms with Crippen molar-refractivity contribution in [2.45, 2.75) is 188 Å². The summed E-state index contributed by atoms with van der Waals surface area (Å²) in [4.78, 5) is 12.3. The minimum atomic E-state index is -4.69. The first-order chi connectivity index (χ1) is 24.3. The molecule has 0 saturated carbocycles. The van der Waals surface area contributed by atoms with Crippen LogP contribution < -0.4 is 0 Å². The Bertz CT molecular complexity index is 823. The van der Waals surface area contributed by atoms with Gasteiger partial charge in [0.05, 0.1) is 26.4 Å². The van der Waals surface area contributed by atoms with Crippen LogP contribution >= 0.6 is 15.6 Å². The molecule has 0 fully saturated rings. The van der Waals surface area contributed by atoms with Gasteiger partial charge in [-0.1, -0.05) is 156 Å². The molecule has 0 aliphatic carbocycles. The Labute approximate surface area is 317 Å². The molecule has 0 aliphatic heterocycles. The van der Waals surface area contributed by atoms with E-state index in [0.717, 1.165) is 128 Å². The molecule has 0 atom stereocenters. The average Bonchev–Trinajstić information content (AvgIpc) is 3.06. The van der Waals surface area contributed by atoms with Crippen LogP contribution in [0.2, 0.25) is 0 Å². The van der Waals surface area contributed by atoms with E-state index in [1.54, 1.807) is 0 Å². The Balaban J connectivity index is 0. The normalized spacial score (nSPS) is 12.1. The minimum absolute atomic E-state index is 0.0453. The number of aliphatic carboxylic acids is 1. The molecular weight excluding hydrogens is 786 g/mol. The van der Waals surface area contributed by atoms with Crippen molar-refractivity contribution in [2.75, 3.05) is 26.4 Å². The molecule has 0 saturated heterocycles. The van der Waals surface area contributed by atoms with Gasteiger partial charge in [-0.25, -0.2) is 23.0 Å². The van der Waals surface area contributed by atoms with Crippen molar-refractivity contribution in [2.24, 2.45) is 0 Å². The number of hydrogen-bond donors (Lipinski definition) is 4. The van der Waals surface area contributed by atoms with Gasteiger partial charge in [-0.05, 0) is 25.7 Å². The van der Waals surface area contributed by atoms with Crippen molar-refractivity contribution in [1.29, 1.82) is 0 Å². The van der Waals surface area contributed by atoms with Crippen LogP contribution in [0.15, 0.2) is 0 Å². The molecule has 0 amide bonds. The van der Waals surface area contributed by atoms with Gasteiger partial charge in [0.2, 0.25) is 0 Å². The third kappa shape index (κ3) is 34.5. The zero-order valence-corrected chi connectivity index (χ0v) is 36.3. The van der Waals surface area contributed by atoms with Gasteiger partial charge in [0.25, 0.3) is 0 Å². The zero-order chi connectivity index (χ0) is 38.7. The van der Waals surface area contributed by atoms with E-state index >= 15 is 0 Å². The van der Waals surface area contributed by atoms with Gasteiger partial charge in [0.1, 0.15) is 0 Å². The molecule has 0 radical (unpaired) electrons. The molecule has 0 aliphatic rings. The summed E-state index contributed by atoms with van der Waals surface area (Å²) in [6.45, 7) is 8.33. The fourth-order valence-electron chi connectivity index (χ4n) is 4.81. The summed E-state index contributed by atoms with van der Waals surface area (Å²) in [6, 6.07) is 0. The van der Waals surface area contributed by atoms with E-state index in [4.69, 9.17) is 36.3 Å². The van der Waals surface area contributed by atoms with Crippen LogP contribution in [0, 0.1) is 0 Å². The number of hydrogen-bond acceptors (Lipinski definition) is 11. The van der Waals surface area contributed by atoms with E-state index in [2.05, 4.69) is 27.7 Å². The Hall–Kier alpha value is 0.253. The average molecular weight is 858 g/mol. The van der Waals surface area contributed by atoms with E-state index in [0.29, 0.717) is 25.7 Å². The Morgan fingerprint density at radius 1 is 0.490 bits per heavy atom. The van der Waals surface area contributed by atoms with E-state index in [9.17, 15) is 24.1 Å². The molecule has 0 bridgehead atoms. The van der Waals surface area contributed by atoms with Crippen molar-refractivity contribution in [1.82, 2.24) is 0 Å². The third-order valence-electron chi connectivity index (χ3n) is 7.73. The number of phosphoric ester groups is 2. The Morgan fingerprint density at radius 3 is 0.882 bits per heavy atom. The predicted octanol–water partition coefficient (Wildman–Crippen LogP) is 10.2.